The fourth-order valence-corrected chi connectivity index (χ4v) is 2.75. The van der Waals surface area contributed by atoms with Gasteiger partial charge in [-0.15, -0.1) is 0 Å². The summed E-state index contributed by atoms with van der Waals surface area (Å²) in [5.74, 6) is 0.330. The van der Waals surface area contributed by atoms with E-state index in [9.17, 15) is 4.79 Å². The summed E-state index contributed by atoms with van der Waals surface area (Å²) in [6.45, 7) is 0.0211. The Labute approximate surface area is 160 Å². The molecule has 6 nitrogen and oxygen atoms in total. The minimum absolute atomic E-state index is 0.0211. The monoisotopic (exact) mass is 383 g/mol. The molecular formula is C18H14ClN5OS. The van der Waals surface area contributed by atoms with Gasteiger partial charge in [-0.25, -0.2) is 0 Å². The molecule has 1 aromatic heterocycles. The highest BCUT2D eigenvalue weighted by Gasteiger charge is 2.12. The van der Waals surface area contributed by atoms with E-state index in [-0.39, 0.29) is 12.5 Å². The molecule has 3 rings (SSSR count). The molecule has 1 amide bonds. The van der Waals surface area contributed by atoms with Gasteiger partial charge in [0.05, 0.1) is 12.5 Å². The van der Waals surface area contributed by atoms with Crippen LogP contribution >= 0.6 is 23.8 Å². The normalized spacial score (nSPS) is 10.3. The molecule has 0 bridgehead atoms. The van der Waals surface area contributed by atoms with Crippen LogP contribution in [0.5, 0.6) is 0 Å². The number of benzene rings is 2. The number of anilines is 1. The SMILES string of the molecule is N#CCc1ccc(NC(=O)Cn2c(-c3ccc(Cl)cc3)n[nH]c2=S)cc1. The van der Waals surface area contributed by atoms with Gasteiger partial charge in [-0.2, -0.15) is 10.4 Å². The van der Waals surface area contributed by atoms with Crippen molar-refractivity contribution in [1.29, 1.82) is 5.26 Å². The van der Waals surface area contributed by atoms with Crippen molar-refractivity contribution in [1.82, 2.24) is 14.8 Å². The zero-order valence-corrected chi connectivity index (χ0v) is 15.1. The van der Waals surface area contributed by atoms with Crippen molar-refractivity contribution >= 4 is 35.4 Å². The van der Waals surface area contributed by atoms with E-state index < -0.39 is 0 Å². The van der Waals surface area contributed by atoms with Crippen molar-refractivity contribution in [3.63, 3.8) is 0 Å². The standard InChI is InChI=1S/C18H14ClN5OS/c19-14-5-3-13(4-6-14)17-22-23-18(26)24(17)11-16(25)21-15-7-1-12(2-8-15)9-10-20/h1-8H,9,11H2,(H,21,25)(H,23,26). The van der Waals surface area contributed by atoms with Crippen molar-refractivity contribution in [2.24, 2.45) is 0 Å². The van der Waals surface area contributed by atoms with E-state index in [2.05, 4.69) is 21.6 Å². The quantitative estimate of drug-likeness (QED) is 0.653. The molecule has 0 saturated carbocycles. The number of nitrogens with one attached hydrogen (secondary N) is 2. The number of hydrogen-bond acceptors (Lipinski definition) is 4. The molecule has 8 heteroatoms. The average molecular weight is 384 g/mol. The first-order valence-corrected chi connectivity index (χ1v) is 8.52. The number of carbonyl (C=O) groups excluding carboxylic acids is 1. The van der Waals surface area contributed by atoms with Gasteiger partial charge in [-0.3, -0.25) is 14.5 Å². The number of halogens is 1. The van der Waals surface area contributed by atoms with Gasteiger partial charge in [0.2, 0.25) is 5.91 Å². The molecule has 1 heterocycles. The Morgan fingerprint density at radius 2 is 1.92 bits per heavy atom. The molecule has 3 aromatic rings. The van der Waals surface area contributed by atoms with Crippen molar-refractivity contribution in [3.05, 3.63) is 63.9 Å². The molecule has 0 aliphatic heterocycles. The lowest BCUT2D eigenvalue weighted by atomic mass is 10.1. The largest absolute Gasteiger partial charge is 0.325 e. The highest BCUT2D eigenvalue weighted by molar-refractivity contribution is 7.71. The molecule has 0 unspecified atom stereocenters. The number of hydrogen-bond donors (Lipinski definition) is 2. The predicted octanol–water partition coefficient (Wildman–Crippen LogP) is 3.97. The maximum absolute atomic E-state index is 12.4. The summed E-state index contributed by atoms with van der Waals surface area (Å²) in [5, 5.41) is 19.0. The first kappa shape index (κ1) is 17.9. The first-order valence-electron chi connectivity index (χ1n) is 7.73. The molecule has 130 valence electrons. The third-order valence-corrected chi connectivity index (χ3v) is 4.25. The van der Waals surface area contributed by atoms with E-state index in [1.54, 1.807) is 28.8 Å². The van der Waals surface area contributed by atoms with Gasteiger partial charge >= 0.3 is 0 Å². The Bertz CT molecular complexity index is 1020. The number of nitrogens with zero attached hydrogens (tertiary/aromatic N) is 3. The van der Waals surface area contributed by atoms with E-state index in [0.29, 0.717) is 27.7 Å². The van der Waals surface area contributed by atoms with Crippen molar-refractivity contribution in [2.45, 2.75) is 13.0 Å². The van der Waals surface area contributed by atoms with Crippen molar-refractivity contribution in [2.75, 3.05) is 5.32 Å². The third-order valence-electron chi connectivity index (χ3n) is 3.68. The summed E-state index contributed by atoms with van der Waals surface area (Å²) < 4.78 is 1.98. The van der Waals surface area contributed by atoms with Gasteiger partial charge in [0.25, 0.3) is 0 Å². The van der Waals surface area contributed by atoms with Crippen LogP contribution in [0.1, 0.15) is 5.56 Å². The summed E-state index contributed by atoms with van der Waals surface area (Å²) in [4.78, 5) is 12.4. The molecule has 2 N–H and O–H groups in total. The van der Waals surface area contributed by atoms with Crippen LogP contribution in [0.4, 0.5) is 5.69 Å². The van der Waals surface area contributed by atoms with Crippen LogP contribution in [-0.2, 0) is 17.8 Å². The van der Waals surface area contributed by atoms with Gasteiger partial charge in [-0.1, -0.05) is 23.7 Å². The number of H-pyrrole nitrogens is 1. The fourth-order valence-electron chi connectivity index (χ4n) is 2.43. The molecule has 0 saturated heterocycles. The van der Waals surface area contributed by atoms with E-state index in [4.69, 9.17) is 29.1 Å². The Morgan fingerprint density at radius 1 is 1.23 bits per heavy atom. The van der Waals surface area contributed by atoms with Gasteiger partial charge in [-0.05, 0) is 54.2 Å². The highest BCUT2D eigenvalue weighted by atomic mass is 35.5. The van der Waals surface area contributed by atoms with Crippen molar-refractivity contribution < 1.29 is 4.79 Å². The molecule has 0 aliphatic rings. The lowest BCUT2D eigenvalue weighted by molar-refractivity contribution is -0.116. The van der Waals surface area contributed by atoms with Crippen LogP contribution in [0.25, 0.3) is 11.4 Å². The van der Waals surface area contributed by atoms with E-state index >= 15 is 0 Å². The minimum Gasteiger partial charge on any atom is -0.325 e. The number of nitriles is 1. The summed E-state index contributed by atoms with van der Waals surface area (Å²) in [5.41, 5.74) is 2.35. The Balaban J connectivity index is 1.75. The van der Waals surface area contributed by atoms with Crippen molar-refractivity contribution in [3.8, 4) is 17.5 Å². The number of aromatic nitrogens is 3. The molecule has 0 fully saturated rings. The molecule has 0 atom stereocenters. The highest BCUT2D eigenvalue weighted by Crippen LogP contribution is 2.20. The smallest absolute Gasteiger partial charge is 0.244 e. The number of amides is 1. The van der Waals surface area contributed by atoms with E-state index in [0.717, 1.165) is 11.1 Å². The molecule has 2 aromatic carbocycles. The topological polar surface area (TPSA) is 86.5 Å². The second kappa shape index (κ2) is 7.95. The minimum atomic E-state index is -0.231. The second-order valence-electron chi connectivity index (χ2n) is 5.53. The van der Waals surface area contributed by atoms with E-state index in [1.807, 2.05) is 24.3 Å². The Kier molecular flexibility index (Phi) is 5.46. The third kappa shape index (κ3) is 4.17. The van der Waals surface area contributed by atoms with Gasteiger partial charge in [0, 0.05) is 16.3 Å². The fraction of sp³-hybridized carbons (Fsp3) is 0.111. The van der Waals surface area contributed by atoms with Gasteiger partial charge in [0.1, 0.15) is 6.54 Å². The lowest BCUT2D eigenvalue weighted by Gasteiger charge is -2.09. The molecule has 0 radical (unpaired) electrons. The second-order valence-corrected chi connectivity index (χ2v) is 6.35. The van der Waals surface area contributed by atoms with Gasteiger partial charge in [0.15, 0.2) is 10.6 Å². The molecule has 26 heavy (non-hydrogen) atoms. The maximum atomic E-state index is 12.4. The van der Waals surface area contributed by atoms with E-state index in [1.165, 1.54) is 0 Å². The number of aromatic amines is 1. The van der Waals surface area contributed by atoms with Crippen LogP contribution in [0.2, 0.25) is 5.02 Å². The zero-order chi connectivity index (χ0) is 18.5. The predicted molar refractivity (Wildman–Crippen MR) is 102 cm³/mol. The van der Waals surface area contributed by atoms with Gasteiger partial charge < -0.3 is 5.32 Å². The molecule has 0 spiro atoms. The Hall–Kier alpha value is -2.95. The summed E-state index contributed by atoms with van der Waals surface area (Å²) in [6.07, 6.45) is 0.336. The lowest BCUT2D eigenvalue weighted by Crippen LogP contribution is -2.19. The number of carbonyl (C=O) groups is 1. The molecule has 0 aliphatic carbocycles. The Morgan fingerprint density at radius 3 is 2.58 bits per heavy atom. The summed E-state index contributed by atoms with van der Waals surface area (Å²) in [6, 6.07) is 16.4. The van der Waals surface area contributed by atoms with Crippen LogP contribution in [-0.4, -0.2) is 20.7 Å². The summed E-state index contributed by atoms with van der Waals surface area (Å²) in [7, 11) is 0. The van der Waals surface area contributed by atoms with Crippen LogP contribution in [0.15, 0.2) is 48.5 Å². The van der Waals surface area contributed by atoms with Crippen LogP contribution < -0.4 is 5.32 Å². The molecular weight excluding hydrogens is 370 g/mol. The summed E-state index contributed by atoms with van der Waals surface area (Å²) >= 11 is 11.1. The van der Waals surface area contributed by atoms with Crippen LogP contribution in [0, 0.1) is 16.1 Å². The van der Waals surface area contributed by atoms with Crippen LogP contribution in [0.3, 0.4) is 0 Å². The average Bonchev–Trinajstić information content (AvgIpc) is 2.98. The maximum Gasteiger partial charge on any atom is 0.244 e. The first-order chi connectivity index (χ1) is 12.6. The number of rotatable bonds is 5. The zero-order valence-electron chi connectivity index (χ0n) is 13.6.